The molecule has 10 aromatic rings. The van der Waals surface area contributed by atoms with Crippen molar-refractivity contribution >= 4 is 39.0 Å². The quantitative estimate of drug-likeness (QED) is 0.171. The van der Waals surface area contributed by atoms with Gasteiger partial charge in [0.15, 0.2) is 0 Å². The molecule has 348 valence electrons. The molecule has 0 spiro atoms. The minimum Gasteiger partial charge on any atom is -0.456 e. The molecule has 0 atom stereocenters. The highest BCUT2D eigenvalue weighted by molar-refractivity contribution is 6.12. The molecular formula is C69H61NO. The summed E-state index contributed by atoms with van der Waals surface area (Å²) in [5.74, 6) is 0. The fraction of sp³-hybridized carbons (Fsp3) is 0.217. The zero-order valence-corrected chi connectivity index (χ0v) is 42.8. The van der Waals surface area contributed by atoms with E-state index >= 15 is 0 Å². The molecular weight excluding hydrogens is 859 g/mol. The second kappa shape index (κ2) is 14.8. The van der Waals surface area contributed by atoms with Crippen LogP contribution >= 0.6 is 0 Å². The van der Waals surface area contributed by atoms with E-state index in [1.54, 1.807) is 0 Å². The summed E-state index contributed by atoms with van der Waals surface area (Å²) >= 11 is 0. The maximum absolute atomic E-state index is 6.96. The van der Waals surface area contributed by atoms with Crippen molar-refractivity contribution in [1.29, 1.82) is 0 Å². The molecule has 71 heavy (non-hydrogen) atoms. The molecule has 0 aliphatic heterocycles. The van der Waals surface area contributed by atoms with Crippen molar-refractivity contribution in [2.75, 3.05) is 4.90 Å². The Labute approximate surface area is 419 Å². The second-order valence-electron chi connectivity index (χ2n) is 23.7. The fourth-order valence-corrected chi connectivity index (χ4v) is 13.3. The lowest BCUT2D eigenvalue weighted by Gasteiger charge is -2.34. The number of hydrogen-bond acceptors (Lipinski definition) is 2. The molecule has 0 saturated heterocycles. The summed E-state index contributed by atoms with van der Waals surface area (Å²) in [6.45, 7) is 23.5. The third-order valence-electron chi connectivity index (χ3n) is 16.8. The van der Waals surface area contributed by atoms with Crippen LogP contribution in [0.5, 0.6) is 0 Å². The first-order valence-electron chi connectivity index (χ1n) is 25.6. The number of furan rings is 1. The number of benzene rings is 9. The summed E-state index contributed by atoms with van der Waals surface area (Å²) in [6, 6.07) is 71.4. The highest BCUT2D eigenvalue weighted by Crippen LogP contribution is 2.58. The van der Waals surface area contributed by atoms with Crippen LogP contribution in [0.15, 0.2) is 192 Å². The largest absolute Gasteiger partial charge is 0.456 e. The van der Waals surface area contributed by atoms with Crippen molar-refractivity contribution in [3.05, 3.63) is 244 Å². The molecule has 13 rings (SSSR count). The highest BCUT2D eigenvalue weighted by Gasteiger charge is 2.46. The van der Waals surface area contributed by atoms with Gasteiger partial charge in [-0.2, -0.15) is 0 Å². The average Bonchev–Trinajstić information content (AvgIpc) is 4.03. The van der Waals surface area contributed by atoms with Crippen LogP contribution in [-0.2, 0) is 27.1 Å². The van der Waals surface area contributed by atoms with Crippen LogP contribution in [0.1, 0.15) is 125 Å². The molecule has 0 N–H and O–H groups in total. The van der Waals surface area contributed by atoms with Gasteiger partial charge >= 0.3 is 0 Å². The third-order valence-corrected chi connectivity index (χ3v) is 16.8. The summed E-state index contributed by atoms with van der Waals surface area (Å²) in [5, 5.41) is 2.46. The summed E-state index contributed by atoms with van der Waals surface area (Å²) in [7, 11) is 0. The Bertz CT molecular complexity index is 3780. The van der Waals surface area contributed by atoms with Gasteiger partial charge in [0.05, 0.1) is 5.41 Å². The molecule has 0 radical (unpaired) electrons. The van der Waals surface area contributed by atoms with E-state index in [-0.39, 0.29) is 21.7 Å². The summed E-state index contributed by atoms with van der Waals surface area (Å²) in [5.41, 5.74) is 25.3. The van der Waals surface area contributed by atoms with Gasteiger partial charge in [0.1, 0.15) is 11.2 Å². The van der Waals surface area contributed by atoms with E-state index < -0.39 is 5.41 Å². The van der Waals surface area contributed by atoms with Gasteiger partial charge in [-0.15, -0.1) is 0 Å². The number of fused-ring (bicyclic) bond motifs is 13. The molecule has 1 aromatic heterocycles. The Morgan fingerprint density at radius 3 is 1.56 bits per heavy atom. The van der Waals surface area contributed by atoms with E-state index in [2.05, 4.69) is 262 Å². The predicted octanol–water partition coefficient (Wildman–Crippen LogP) is 18.6. The normalized spacial score (nSPS) is 15.5. The van der Waals surface area contributed by atoms with Crippen molar-refractivity contribution in [3.63, 3.8) is 0 Å². The van der Waals surface area contributed by atoms with Crippen LogP contribution in [0, 0.1) is 0 Å². The first-order valence-corrected chi connectivity index (χ1v) is 25.6. The minimum absolute atomic E-state index is 0.0193. The van der Waals surface area contributed by atoms with Gasteiger partial charge in [-0.25, -0.2) is 0 Å². The summed E-state index contributed by atoms with van der Waals surface area (Å²) in [4.78, 5) is 2.50. The predicted molar refractivity (Wildman–Crippen MR) is 298 cm³/mol. The lowest BCUT2D eigenvalue weighted by atomic mass is 9.68. The molecule has 3 aliphatic carbocycles. The van der Waals surface area contributed by atoms with Gasteiger partial charge < -0.3 is 9.32 Å². The monoisotopic (exact) mass is 919 g/mol. The molecule has 3 aliphatic rings. The van der Waals surface area contributed by atoms with E-state index in [0.29, 0.717) is 0 Å². The first kappa shape index (κ1) is 43.6. The molecule has 0 amide bonds. The summed E-state index contributed by atoms with van der Waals surface area (Å²) < 4.78 is 6.96. The number of hydrogen-bond donors (Lipinski definition) is 0. The maximum Gasteiger partial charge on any atom is 0.139 e. The number of nitrogens with zero attached hydrogens (tertiary/aromatic N) is 1. The zero-order valence-electron chi connectivity index (χ0n) is 42.8. The van der Waals surface area contributed by atoms with Gasteiger partial charge in [0.2, 0.25) is 0 Å². The van der Waals surface area contributed by atoms with Crippen LogP contribution in [0.2, 0.25) is 0 Å². The molecule has 0 unspecified atom stereocenters. The maximum atomic E-state index is 6.96. The van der Waals surface area contributed by atoms with Crippen molar-refractivity contribution in [2.45, 2.75) is 96.3 Å². The first-order chi connectivity index (χ1) is 34.0. The zero-order chi connectivity index (χ0) is 49.0. The van der Waals surface area contributed by atoms with Gasteiger partial charge in [0.25, 0.3) is 0 Å². The standard InChI is InChI=1S/C69H61NO/c1-65(2,3)44-38-54-62-61(71-64(54)60(39-44)66(4,5)6)37-35-52-53-40-46(33-36-56(53)68(9,10)63(52)62)70(47-32-34-51-48-22-14-17-25-55(48)67(7,8)59(51)41-47)45-30-28-43(29-31-45)69(42-20-12-11-13-21-42)57-26-18-15-23-49(57)50-24-16-19-27-58(50)69/h11-41H,1-10H3. The van der Waals surface area contributed by atoms with Crippen LogP contribution in [-0.4, -0.2) is 0 Å². The molecule has 9 aromatic carbocycles. The van der Waals surface area contributed by atoms with Crippen LogP contribution in [0.4, 0.5) is 17.1 Å². The minimum atomic E-state index is -0.478. The Morgan fingerprint density at radius 1 is 0.394 bits per heavy atom. The number of anilines is 3. The lowest BCUT2D eigenvalue weighted by molar-refractivity contribution is 0.559. The van der Waals surface area contributed by atoms with Crippen molar-refractivity contribution in [3.8, 4) is 33.4 Å². The lowest BCUT2D eigenvalue weighted by Crippen LogP contribution is -2.28. The highest BCUT2D eigenvalue weighted by atomic mass is 16.3. The Morgan fingerprint density at radius 2 is 0.915 bits per heavy atom. The van der Waals surface area contributed by atoms with E-state index in [1.807, 2.05) is 0 Å². The van der Waals surface area contributed by atoms with Crippen LogP contribution in [0.3, 0.4) is 0 Å². The van der Waals surface area contributed by atoms with Gasteiger partial charge in [-0.05, 0) is 143 Å². The fourth-order valence-electron chi connectivity index (χ4n) is 13.3. The van der Waals surface area contributed by atoms with Crippen molar-refractivity contribution in [2.24, 2.45) is 0 Å². The Kier molecular flexibility index (Phi) is 9.09. The van der Waals surface area contributed by atoms with Gasteiger partial charge in [0, 0.05) is 44.2 Å². The number of rotatable bonds is 5. The summed E-state index contributed by atoms with van der Waals surface area (Å²) in [6.07, 6.45) is 0. The molecule has 0 fully saturated rings. The Hall–Kier alpha value is -7.42. The van der Waals surface area contributed by atoms with Crippen molar-refractivity contribution < 1.29 is 4.42 Å². The van der Waals surface area contributed by atoms with Gasteiger partial charge in [-0.3, -0.25) is 0 Å². The average molecular weight is 920 g/mol. The molecule has 1 heterocycles. The van der Waals surface area contributed by atoms with E-state index in [0.717, 1.165) is 28.2 Å². The Balaban J connectivity index is 1.02. The van der Waals surface area contributed by atoms with E-state index in [1.165, 1.54) is 99.8 Å². The second-order valence-corrected chi connectivity index (χ2v) is 23.7. The van der Waals surface area contributed by atoms with Crippen LogP contribution in [0.25, 0.3) is 55.3 Å². The SMILES string of the molecule is CC(C)(C)c1cc(C(C)(C)C)c2oc3ccc4c(c3c2c1)C(C)(C)c1ccc(N(c2ccc(C3(c5ccccc5)c5ccccc5-c5ccccc53)cc2)c2ccc3c(c2)C(C)(C)c2ccccc2-3)cc1-4. The van der Waals surface area contributed by atoms with Crippen molar-refractivity contribution in [1.82, 2.24) is 0 Å². The van der Waals surface area contributed by atoms with Gasteiger partial charge in [-0.1, -0.05) is 209 Å². The molecule has 2 heteroatoms. The molecule has 0 saturated carbocycles. The smallest absolute Gasteiger partial charge is 0.139 e. The van der Waals surface area contributed by atoms with E-state index in [9.17, 15) is 0 Å². The molecule has 2 nitrogen and oxygen atoms in total. The van der Waals surface area contributed by atoms with E-state index in [4.69, 9.17) is 4.42 Å². The molecule has 0 bridgehead atoms. The topological polar surface area (TPSA) is 16.4 Å². The third kappa shape index (κ3) is 6.07. The van der Waals surface area contributed by atoms with Crippen LogP contribution < -0.4 is 4.90 Å².